The third-order valence-corrected chi connectivity index (χ3v) is 3.16. The monoisotopic (exact) mass is 227 g/mol. The maximum Gasteiger partial charge on any atom is 0.183 e. The lowest BCUT2D eigenvalue weighted by atomic mass is 9.99. The molecular weight excluding hydrogens is 214 g/mol. The quantitative estimate of drug-likeness (QED) is 0.750. The highest BCUT2D eigenvalue weighted by Gasteiger charge is 2.24. The first-order valence-corrected chi connectivity index (χ1v) is 5.72. The Morgan fingerprint density at radius 1 is 1.18 bits per heavy atom. The molecule has 17 heavy (non-hydrogen) atoms. The lowest BCUT2D eigenvalue weighted by molar-refractivity contribution is 0.0960. The average Bonchev–Trinajstić information content (AvgIpc) is 2.51. The molecule has 1 atom stereocenters. The van der Waals surface area contributed by atoms with Crippen LogP contribution in [0.5, 0.6) is 5.75 Å². The summed E-state index contributed by atoms with van der Waals surface area (Å²) in [5.74, 6) is 0.657. The predicted molar refractivity (Wildman–Crippen MR) is 66.4 cm³/mol. The molecule has 0 radical (unpaired) electrons. The van der Waals surface area contributed by atoms with Crippen LogP contribution in [0, 0.1) is 0 Å². The van der Waals surface area contributed by atoms with Gasteiger partial charge in [-0.3, -0.25) is 4.79 Å². The summed E-state index contributed by atoms with van der Waals surface area (Å²) in [6.07, 6.45) is 0.571. The average molecular weight is 227 g/mol. The first-order valence-electron chi connectivity index (χ1n) is 5.72. The fourth-order valence-electron chi connectivity index (χ4n) is 2.21. The van der Waals surface area contributed by atoms with Gasteiger partial charge in [-0.2, -0.15) is 0 Å². The number of hydrogen-bond donors (Lipinski definition) is 1. The minimum absolute atomic E-state index is 0.0248. The van der Waals surface area contributed by atoms with E-state index >= 15 is 0 Å². The summed E-state index contributed by atoms with van der Waals surface area (Å²) in [5, 5.41) is 2.06. The molecule has 0 fully saturated rings. The molecule has 0 saturated carbocycles. The van der Waals surface area contributed by atoms with Crippen LogP contribution >= 0.6 is 0 Å². The molecule has 1 heterocycles. The Kier molecular flexibility index (Phi) is 2.34. The number of carbonyl (C=O) groups is 1. The van der Waals surface area contributed by atoms with Crippen LogP contribution in [-0.2, 0) is 0 Å². The van der Waals surface area contributed by atoms with E-state index in [1.54, 1.807) is 0 Å². The lowest BCUT2D eigenvalue weighted by Gasteiger charge is -2.09. The minimum Gasteiger partial charge on any atom is -0.492 e. The normalized spacial score (nSPS) is 19.6. The maximum absolute atomic E-state index is 12.1. The molecule has 0 amide bonds. The van der Waals surface area contributed by atoms with Crippen molar-refractivity contribution in [1.29, 1.82) is 0 Å². The van der Waals surface area contributed by atoms with Crippen LogP contribution in [0.25, 0.3) is 10.8 Å². The Balaban J connectivity index is 2.29. The molecule has 3 heteroatoms. The summed E-state index contributed by atoms with van der Waals surface area (Å²) in [7, 11) is 0. The van der Waals surface area contributed by atoms with Crippen molar-refractivity contribution in [3.63, 3.8) is 0 Å². The number of Topliss-reactive ketones (excluding diaryl/α,β-unsaturated/α-hetero) is 1. The molecule has 0 bridgehead atoms. The molecule has 1 aliphatic rings. The van der Waals surface area contributed by atoms with Crippen molar-refractivity contribution in [2.75, 3.05) is 6.61 Å². The molecule has 0 aliphatic carbocycles. The molecule has 86 valence electrons. The van der Waals surface area contributed by atoms with E-state index in [1.165, 1.54) is 0 Å². The number of fused-ring (bicyclic) bond motifs is 3. The zero-order valence-electron chi connectivity index (χ0n) is 9.35. The molecule has 0 spiro atoms. The van der Waals surface area contributed by atoms with Crippen LogP contribution in [0.2, 0.25) is 0 Å². The summed E-state index contributed by atoms with van der Waals surface area (Å²) in [6, 6.07) is 11.2. The van der Waals surface area contributed by atoms with Gasteiger partial charge in [0.15, 0.2) is 5.78 Å². The van der Waals surface area contributed by atoms with Crippen LogP contribution in [0.1, 0.15) is 16.8 Å². The summed E-state index contributed by atoms with van der Waals surface area (Å²) < 4.78 is 5.70. The molecule has 2 aromatic carbocycles. The Labute approximate surface area is 99.2 Å². The van der Waals surface area contributed by atoms with E-state index in [9.17, 15) is 4.79 Å². The molecule has 0 saturated heterocycles. The summed E-state index contributed by atoms with van der Waals surface area (Å²) in [6.45, 7) is 0.494. The largest absolute Gasteiger partial charge is 0.492 e. The topological polar surface area (TPSA) is 52.3 Å². The Morgan fingerprint density at radius 2 is 2.00 bits per heavy atom. The summed E-state index contributed by atoms with van der Waals surface area (Å²) >= 11 is 0. The number of nitrogens with two attached hydrogens (primary N) is 1. The molecule has 1 aliphatic heterocycles. The van der Waals surface area contributed by atoms with Crippen molar-refractivity contribution in [2.24, 2.45) is 5.73 Å². The van der Waals surface area contributed by atoms with Gasteiger partial charge in [0, 0.05) is 11.8 Å². The van der Waals surface area contributed by atoms with Gasteiger partial charge in [-0.25, -0.2) is 0 Å². The third kappa shape index (κ3) is 1.59. The fourth-order valence-corrected chi connectivity index (χ4v) is 2.21. The number of carbonyl (C=O) groups excluding carboxylic acids is 1. The van der Waals surface area contributed by atoms with Gasteiger partial charge in [-0.05, 0) is 11.5 Å². The van der Waals surface area contributed by atoms with Crippen molar-refractivity contribution in [3.05, 3.63) is 42.0 Å². The van der Waals surface area contributed by atoms with Crippen LogP contribution < -0.4 is 10.5 Å². The first kappa shape index (κ1) is 10.3. The van der Waals surface area contributed by atoms with Crippen LogP contribution in [0.15, 0.2) is 36.4 Å². The highest BCUT2D eigenvalue weighted by molar-refractivity contribution is 6.07. The second-order valence-corrected chi connectivity index (χ2v) is 4.27. The van der Waals surface area contributed by atoms with Crippen molar-refractivity contribution in [1.82, 2.24) is 0 Å². The van der Waals surface area contributed by atoms with E-state index in [2.05, 4.69) is 0 Å². The van der Waals surface area contributed by atoms with E-state index in [1.807, 2.05) is 36.4 Å². The van der Waals surface area contributed by atoms with Gasteiger partial charge in [-0.1, -0.05) is 30.3 Å². The summed E-state index contributed by atoms with van der Waals surface area (Å²) in [4.78, 5) is 12.1. The smallest absolute Gasteiger partial charge is 0.183 e. The highest BCUT2D eigenvalue weighted by atomic mass is 16.5. The number of rotatable bonds is 0. The van der Waals surface area contributed by atoms with Crippen molar-refractivity contribution in [3.8, 4) is 5.75 Å². The van der Waals surface area contributed by atoms with Gasteiger partial charge in [-0.15, -0.1) is 0 Å². The zero-order chi connectivity index (χ0) is 11.8. The number of hydrogen-bond acceptors (Lipinski definition) is 3. The van der Waals surface area contributed by atoms with Crippen LogP contribution in [0.3, 0.4) is 0 Å². The molecule has 2 aromatic rings. The third-order valence-electron chi connectivity index (χ3n) is 3.16. The van der Waals surface area contributed by atoms with Crippen molar-refractivity contribution < 1.29 is 9.53 Å². The molecule has 2 N–H and O–H groups in total. The molecular formula is C14H13NO2. The zero-order valence-corrected chi connectivity index (χ0v) is 9.35. The van der Waals surface area contributed by atoms with E-state index in [0.29, 0.717) is 24.3 Å². The predicted octanol–water partition coefficient (Wildman–Crippen LogP) is 2.13. The minimum atomic E-state index is -0.447. The van der Waals surface area contributed by atoms with Gasteiger partial charge in [0.1, 0.15) is 5.75 Å². The van der Waals surface area contributed by atoms with E-state index in [-0.39, 0.29) is 5.78 Å². The van der Waals surface area contributed by atoms with Crippen LogP contribution in [0.4, 0.5) is 0 Å². The highest BCUT2D eigenvalue weighted by Crippen LogP contribution is 2.32. The molecule has 0 aromatic heterocycles. The van der Waals surface area contributed by atoms with E-state index in [4.69, 9.17) is 10.5 Å². The fraction of sp³-hybridized carbons (Fsp3) is 0.214. The standard InChI is InChI=1S/C14H13NO2/c15-12-7-8-17-14-10-4-2-1-3-9(10)5-6-11(14)13(12)16/h1-6,12H,7-8,15H2. The van der Waals surface area contributed by atoms with Crippen LogP contribution in [-0.4, -0.2) is 18.4 Å². The maximum atomic E-state index is 12.1. The molecule has 3 rings (SSSR count). The second kappa shape index (κ2) is 3.86. The number of ether oxygens (including phenoxy) is 1. The van der Waals surface area contributed by atoms with Gasteiger partial charge < -0.3 is 10.5 Å². The summed E-state index contributed by atoms with van der Waals surface area (Å²) in [5.41, 5.74) is 6.41. The van der Waals surface area contributed by atoms with E-state index < -0.39 is 6.04 Å². The van der Waals surface area contributed by atoms with Gasteiger partial charge in [0.25, 0.3) is 0 Å². The Morgan fingerprint density at radius 3 is 2.88 bits per heavy atom. The number of ketones is 1. The van der Waals surface area contributed by atoms with Gasteiger partial charge >= 0.3 is 0 Å². The number of benzene rings is 2. The van der Waals surface area contributed by atoms with Crippen molar-refractivity contribution >= 4 is 16.6 Å². The molecule has 1 unspecified atom stereocenters. The van der Waals surface area contributed by atoms with Crippen molar-refractivity contribution in [2.45, 2.75) is 12.5 Å². The van der Waals surface area contributed by atoms with Gasteiger partial charge in [0.2, 0.25) is 0 Å². The molecule has 3 nitrogen and oxygen atoms in total. The first-order chi connectivity index (χ1) is 8.27. The van der Waals surface area contributed by atoms with Gasteiger partial charge in [0.05, 0.1) is 18.2 Å². The SMILES string of the molecule is NC1CCOc2c(ccc3ccccc23)C1=O. The second-order valence-electron chi connectivity index (χ2n) is 4.27. The van der Waals surface area contributed by atoms with E-state index in [0.717, 1.165) is 10.8 Å². The Hall–Kier alpha value is -1.87. The Bertz CT molecular complexity index is 592. The lowest BCUT2D eigenvalue weighted by Crippen LogP contribution is -2.30.